The molecule has 1 saturated heterocycles. The molecule has 3 heterocycles. The fourth-order valence-electron chi connectivity index (χ4n) is 3.40. The van der Waals surface area contributed by atoms with Crippen LogP contribution >= 0.6 is 0 Å². The second kappa shape index (κ2) is 7.14. The lowest BCUT2D eigenvalue weighted by molar-refractivity contribution is 0.0534. The molecule has 8 heteroatoms. The minimum absolute atomic E-state index is 0.142. The van der Waals surface area contributed by atoms with Gasteiger partial charge >= 0.3 is 12.0 Å². The highest BCUT2D eigenvalue weighted by Gasteiger charge is 2.27. The zero-order valence-electron chi connectivity index (χ0n) is 14.6. The van der Waals surface area contributed by atoms with E-state index in [9.17, 15) is 14.4 Å². The summed E-state index contributed by atoms with van der Waals surface area (Å²) < 4.78 is 10.1. The largest absolute Gasteiger partial charge is 0.459 e. The first-order valence-electron chi connectivity index (χ1n) is 8.80. The molecule has 4 rings (SSSR count). The molecule has 0 spiro atoms. The number of benzene rings is 1. The molecule has 0 radical (unpaired) electrons. The van der Waals surface area contributed by atoms with Crippen LogP contribution < -0.4 is 10.6 Å². The Labute approximate surface area is 155 Å². The fraction of sp³-hybridized carbons (Fsp3) is 0.316. The standard InChI is InChI=1S/C19H19N3O5/c23-17(16-4-2-8-26-16)22-7-1-3-14(10-22)21-19(25)20-13-5-6-15-12(9-13)11-27-18(15)24/h2,4-6,8-9,14H,1,3,7,10-11H2,(H2,20,21,25)/t14-/m0/s1. The number of esters is 1. The zero-order valence-corrected chi connectivity index (χ0v) is 14.6. The van der Waals surface area contributed by atoms with Gasteiger partial charge in [0.2, 0.25) is 0 Å². The number of likely N-dealkylation sites (tertiary alicyclic amines) is 1. The normalized spacial score (nSPS) is 18.6. The van der Waals surface area contributed by atoms with Crippen molar-refractivity contribution in [3.63, 3.8) is 0 Å². The third kappa shape index (κ3) is 3.64. The molecular formula is C19H19N3O5. The number of amides is 3. The van der Waals surface area contributed by atoms with Gasteiger partial charge < -0.3 is 24.7 Å². The number of hydrogen-bond donors (Lipinski definition) is 2. The predicted molar refractivity (Wildman–Crippen MR) is 95.3 cm³/mol. The monoisotopic (exact) mass is 369 g/mol. The lowest BCUT2D eigenvalue weighted by atomic mass is 10.1. The van der Waals surface area contributed by atoms with Gasteiger partial charge in [0, 0.05) is 30.4 Å². The molecule has 140 valence electrons. The summed E-state index contributed by atoms with van der Waals surface area (Å²) >= 11 is 0. The van der Waals surface area contributed by atoms with E-state index in [4.69, 9.17) is 9.15 Å². The number of ether oxygens (including phenoxy) is 1. The number of furan rings is 1. The van der Waals surface area contributed by atoms with E-state index in [0.717, 1.165) is 18.4 Å². The summed E-state index contributed by atoms with van der Waals surface area (Å²) in [6, 6.07) is 7.86. The second-order valence-corrected chi connectivity index (χ2v) is 6.61. The molecule has 0 saturated carbocycles. The van der Waals surface area contributed by atoms with Crippen molar-refractivity contribution in [2.24, 2.45) is 0 Å². The fourth-order valence-corrected chi connectivity index (χ4v) is 3.40. The van der Waals surface area contributed by atoms with Crippen molar-refractivity contribution in [3.8, 4) is 0 Å². The molecule has 0 aliphatic carbocycles. The summed E-state index contributed by atoms with van der Waals surface area (Å²) in [6.45, 7) is 1.29. The molecule has 1 atom stereocenters. The van der Waals surface area contributed by atoms with Gasteiger partial charge in [0.25, 0.3) is 5.91 Å². The van der Waals surface area contributed by atoms with E-state index >= 15 is 0 Å². The van der Waals surface area contributed by atoms with Crippen LogP contribution in [0.1, 0.15) is 39.3 Å². The van der Waals surface area contributed by atoms with Crippen LogP contribution in [0.25, 0.3) is 0 Å². The Morgan fingerprint density at radius 1 is 1.22 bits per heavy atom. The zero-order chi connectivity index (χ0) is 18.8. The van der Waals surface area contributed by atoms with Gasteiger partial charge in [-0.15, -0.1) is 0 Å². The predicted octanol–water partition coefficient (Wildman–Crippen LogP) is 2.38. The van der Waals surface area contributed by atoms with Crippen LogP contribution in [0, 0.1) is 0 Å². The number of anilines is 1. The lowest BCUT2D eigenvalue weighted by Gasteiger charge is -2.32. The average molecular weight is 369 g/mol. The van der Waals surface area contributed by atoms with Crippen molar-refractivity contribution >= 4 is 23.6 Å². The van der Waals surface area contributed by atoms with Crippen LogP contribution in [0.5, 0.6) is 0 Å². The summed E-state index contributed by atoms with van der Waals surface area (Å²) in [5, 5.41) is 5.67. The van der Waals surface area contributed by atoms with Crippen LogP contribution in [0.4, 0.5) is 10.5 Å². The van der Waals surface area contributed by atoms with Crippen molar-refractivity contribution in [1.82, 2.24) is 10.2 Å². The number of nitrogens with zero attached hydrogens (tertiary/aromatic N) is 1. The van der Waals surface area contributed by atoms with Crippen molar-refractivity contribution in [2.75, 3.05) is 18.4 Å². The second-order valence-electron chi connectivity index (χ2n) is 6.61. The molecule has 2 N–H and O–H groups in total. The Kier molecular flexibility index (Phi) is 4.53. The summed E-state index contributed by atoms with van der Waals surface area (Å²) in [5.74, 6) is -0.213. The lowest BCUT2D eigenvalue weighted by Crippen LogP contribution is -2.50. The summed E-state index contributed by atoms with van der Waals surface area (Å²) in [7, 11) is 0. The number of fused-ring (bicyclic) bond motifs is 1. The quantitative estimate of drug-likeness (QED) is 0.809. The third-order valence-corrected chi connectivity index (χ3v) is 4.72. The van der Waals surface area contributed by atoms with E-state index < -0.39 is 0 Å². The molecule has 1 fully saturated rings. The maximum absolute atomic E-state index is 12.4. The van der Waals surface area contributed by atoms with Gasteiger partial charge in [0.15, 0.2) is 5.76 Å². The Morgan fingerprint density at radius 2 is 2.11 bits per heavy atom. The number of carbonyl (C=O) groups is 3. The number of hydrogen-bond acceptors (Lipinski definition) is 5. The van der Waals surface area contributed by atoms with Gasteiger partial charge in [-0.25, -0.2) is 9.59 Å². The average Bonchev–Trinajstić information content (AvgIpc) is 3.32. The number of carbonyl (C=O) groups excluding carboxylic acids is 3. The van der Waals surface area contributed by atoms with E-state index in [1.54, 1.807) is 35.2 Å². The first-order valence-corrected chi connectivity index (χ1v) is 8.80. The molecule has 27 heavy (non-hydrogen) atoms. The van der Waals surface area contributed by atoms with Gasteiger partial charge in [0.05, 0.1) is 11.8 Å². The number of piperidine rings is 1. The minimum atomic E-state index is -0.350. The molecule has 2 aliphatic heterocycles. The van der Waals surface area contributed by atoms with Crippen LogP contribution in [0.3, 0.4) is 0 Å². The Morgan fingerprint density at radius 3 is 2.93 bits per heavy atom. The van der Waals surface area contributed by atoms with Gasteiger partial charge in [-0.2, -0.15) is 0 Å². The van der Waals surface area contributed by atoms with Gasteiger partial charge in [-0.1, -0.05) is 0 Å². The van der Waals surface area contributed by atoms with E-state index in [1.165, 1.54) is 6.26 Å². The van der Waals surface area contributed by atoms with E-state index in [2.05, 4.69) is 10.6 Å². The summed E-state index contributed by atoms with van der Waals surface area (Å²) in [4.78, 5) is 37.8. The summed E-state index contributed by atoms with van der Waals surface area (Å²) in [5.41, 5.74) is 1.87. The topological polar surface area (TPSA) is 101 Å². The van der Waals surface area contributed by atoms with E-state index in [0.29, 0.717) is 30.1 Å². The molecule has 3 amide bonds. The maximum atomic E-state index is 12.4. The van der Waals surface area contributed by atoms with Gasteiger partial charge in [-0.05, 0) is 43.2 Å². The molecule has 8 nitrogen and oxygen atoms in total. The van der Waals surface area contributed by atoms with Crippen LogP contribution in [0.15, 0.2) is 41.0 Å². The molecule has 0 bridgehead atoms. The van der Waals surface area contributed by atoms with E-state index in [-0.39, 0.29) is 30.6 Å². The van der Waals surface area contributed by atoms with Crippen molar-refractivity contribution < 1.29 is 23.5 Å². The first-order chi connectivity index (χ1) is 13.1. The highest BCUT2D eigenvalue weighted by atomic mass is 16.5. The molecule has 1 aromatic heterocycles. The Balaban J connectivity index is 1.34. The molecule has 2 aromatic rings. The highest BCUT2D eigenvalue weighted by Crippen LogP contribution is 2.23. The van der Waals surface area contributed by atoms with Crippen molar-refractivity contribution in [3.05, 3.63) is 53.5 Å². The van der Waals surface area contributed by atoms with Crippen molar-refractivity contribution in [1.29, 1.82) is 0 Å². The maximum Gasteiger partial charge on any atom is 0.338 e. The summed E-state index contributed by atoms with van der Waals surface area (Å²) in [6.07, 6.45) is 3.06. The van der Waals surface area contributed by atoms with Gasteiger partial charge in [0.1, 0.15) is 6.61 Å². The van der Waals surface area contributed by atoms with Crippen LogP contribution in [-0.4, -0.2) is 41.9 Å². The third-order valence-electron chi connectivity index (χ3n) is 4.72. The highest BCUT2D eigenvalue weighted by molar-refractivity contribution is 5.95. The Bertz CT molecular complexity index is 877. The number of nitrogens with one attached hydrogen (secondary N) is 2. The van der Waals surface area contributed by atoms with Gasteiger partial charge in [-0.3, -0.25) is 4.79 Å². The molecule has 2 aliphatic rings. The number of cyclic esters (lactones) is 1. The van der Waals surface area contributed by atoms with Crippen LogP contribution in [-0.2, 0) is 11.3 Å². The van der Waals surface area contributed by atoms with Crippen molar-refractivity contribution in [2.45, 2.75) is 25.5 Å². The SMILES string of the molecule is O=C(Nc1ccc2c(c1)COC2=O)N[C@H]1CCCN(C(=O)c2ccco2)C1. The number of urea groups is 1. The Hall–Kier alpha value is -3.29. The number of rotatable bonds is 3. The van der Waals surface area contributed by atoms with E-state index in [1.807, 2.05) is 0 Å². The van der Waals surface area contributed by atoms with Crippen LogP contribution in [0.2, 0.25) is 0 Å². The first kappa shape index (κ1) is 17.1. The molecule has 0 unspecified atom stereocenters. The molecular weight excluding hydrogens is 350 g/mol. The molecule has 1 aromatic carbocycles. The smallest absolute Gasteiger partial charge is 0.338 e. The minimum Gasteiger partial charge on any atom is -0.459 e.